The van der Waals surface area contributed by atoms with Crippen LogP contribution in [0.2, 0.25) is 0 Å². The first-order valence-corrected chi connectivity index (χ1v) is 9.48. The number of aromatic nitrogens is 3. The van der Waals surface area contributed by atoms with E-state index in [1.807, 2.05) is 41.0 Å². The molecule has 2 aromatic heterocycles. The molecule has 0 saturated carbocycles. The lowest BCUT2D eigenvalue weighted by Crippen LogP contribution is -2.32. The minimum absolute atomic E-state index is 0.277. The summed E-state index contributed by atoms with van der Waals surface area (Å²) < 4.78 is 6.59. The molecule has 0 radical (unpaired) electrons. The lowest BCUT2D eigenvalue weighted by atomic mass is 9.85. The van der Waals surface area contributed by atoms with E-state index in [0.29, 0.717) is 11.1 Å². The Morgan fingerprint density at radius 2 is 1.50 bits per heavy atom. The van der Waals surface area contributed by atoms with Crippen molar-refractivity contribution in [2.75, 3.05) is 7.11 Å². The van der Waals surface area contributed by atoms with Crippen LogP contribution < -0.4 is 0 Å². The summed E-state index contributed by atoms with van der Waals surface area (Å²) >= 11 is 0. The number of rotatable bonds is 6. The number of pyridine rings is 1. The molecule has 0 aliphatic carbocycles. The monoisotopic (exact) mass is 399 g/mol. The van der Waals surface area contributed by atoms with Crippen molar-refractivity contribution in [2.45, 2.75) is 12.1 Å². The largest absolute Gasteiger partial charge is 0.465 e. The van der Waals surface area contributed by atoms with Gasteiger partial charge in [0.2, 0.25) is 0 Å². The average Bonchev–Trinajstić information content (AvgIpc) is 3.32. The normalized spacial score (nSPS) is 12.9. The van der Waals surface area contributed by atoms with Gasteiger partial charge < -0.3 is 14.4 Å². The minimum atomic E-state index is -1.31. The summed E-state index contributed by atoms with van der Waals surface area (Å²) in [6.45, 7) is 0.277. The van der Waals surface area contributed by atoms with Crippen LogP contribution in [0.1, 0.15) is 21.5 Å². The lowest BCUT2D eigenvalue weighted by Gasteiger charge is -2.30. The van der Waals surface area contributed by atoms with E-state index in [9.17, 15) is 9.90 Å². The molecule has 0 bridgehead atoms. The molecule has 1 N–H and O–H groups in total. The second kappa shape index (κ2) is 8.31. The van der Waals surface area contributed by atoms with E-state index >= 15 is 0 Å². The van der Waals surface area contributed by atoms with Gasteiger partial charge in [0.1, 0.15) is 5.60 Å². The summed E-state index contributed by atoms with van der Waals surface area (Å²) in [5.74, 6) is -0.415. The lowest BCUT2D eigenvalue weighted by molar-refractivity contribution is 0.0587. The molecular formula is C24H21N3O3. The maximum absolute atomic E-state index is 11.8. The van der Waals surface area contributed by atoms with Crippen LogP contribution >= 0.6 is 0 Å². The van der Waals surface area contributed by atoms with E-state index in [1.54, 1.807) is 55.4 Å². The molecule has 0 aliphatic heterocycles. The van der Waals surface area contributed by atoms with Crippen molar-refractivity contribution in [3.63, 3.8) is 0 Å². The summed E-state index contributed by atoms with van der Waals surface area (Å²) in [6, 6.07) is 18.5. The molecule has 6 nitrogen and oxygen atoms in total. The Kier molecular flexibility index (Phi) is 5.41. The molecule has 6 heteroatoms. The molecule has 0 spiro atoms. The van der Waals surface area contributed by atoms with Crippen molar-refractivity contribution < 1.29 is 14.6 Å². The average molecular weight is 399 g/mol. The molecule has 0 aliphatic rings. The number of carbonyl (C=O) groups excluding carboxylic acids is 1. The van der Waals surface area contributed by atoms with Gasteiger partial charge in [-0.1, -0.05) is 36.4 Å². The van der Waals surface area contributed by atoms with Crippen molar-refractivity contribution in [2.24, 2.45) is 0 Å². The van der Waals surface area contributed by atoms with Gasteiger partial charge in [-0.25, -0.2) is 9.78 Å². The van der Waals surface area contributed by atoms with E-state index in [-0.39, 0.29) is 6.54 Å². The molecule has 0 amide bonds. The second-order valence-corrected chi connectivity index (χ2v) is 6.98. The highest BCUT2D eigenvalue weighted by Gasteiger charge is 2.32. The fourth-order valence-electron chi connectivity index (χ4n) is 3.48. The maximum atomic E-state index is 11.8. The summed E-state index contributed by atoms with van der Waals surface area (Å²) in [5, 5.41) is 11.8. The van der Waals surface area contributed by atoms with E-state index in [2.05, 4.69) is 9.97 Å². The number of hydrogen-bond donors (Lipinski definition) is 1. The van der Waals surface area contributed by atoms with Crippen LogP contribution in [0.4, 0.5) is 0 Å². The van der Waals surface area contributed by atoms with Gasteiger partial charge in [0, 0.05) is 24.8 Å². The molecule has 1 atom stereocenters. The predicted octanol–water partition coefficient (Wildman–Crippen LogP) is 3.67. The molecule has 2 aromatic carbocycles. The Bertz CT molecular complexity index is 1110. The van der Waals surface area contributed by atoms with Crippen LogP contribution in [0.25, 0.3) is 11.1 Å². The highest BCUT2D eigenvalue weighted by molar-refractivity contribution is 5.89. The second-order valence-electron chi connectivity index (χ2n) is 6.98. The van der Waals surface area contributed by atoms with Crippen LogP contribution in [-0.2, 0) is 16.9 Å². The highest BCUT2D eigenvalue weighted by atomic mass is 16.5. The zero-order valence-corrected chi connectivity index (χ0v) is 16.5. The fourth-order valence-corrected chi connectivity index (χ4v) is 3.48. The topological polar surface area (TPSA) is 77.2 Å². The summed E-state index contributed by atoms with van der Waals surface area (Å²) in [4.78, 5) is 19.9. The van der Waals surface area contributed by atoms with Crippen LogP contribution in [0, 0.1) is 0 Å². The number of hydrogen-bond acceptors (Lipinski definition) is 5. The number of imidazole rings is 1. The third-order valence-corrected chi connectivity index (χ3v) is 5.13. The quantitative estimate of drug-likeness (QED) is 0.501. The molecule has 2 heterocycles. The number of nitrogens with zero attached hydrogens (tertiary/aromatic N) is 3. The van der Waals surface area contributed by atoms with Gasteiger partial charge in [0.05, 0.1) is 25.5 Å². The molecule has 0 saturated heterocycles. The first-order chi connectivity index (χ1) is 14.6. The molecule has 4 rings (SSSR count). The highest BCUT2D eigenvalue weighted by Crippen LogP contribution is 2.33. The zero-order chi connectivity index (χ0) is 21.0. The van der Waals surface area contributed by atoms with Gasteiger partial charge in [-0.3, -0.25) is 4.98 Å². The van der Waals surface area contributed by atoms with Crippen LogP contribution in [0.5, 0.6) is 0 Å². The van der Waals surface area contributed by atoms with Crippen molar-refractivity contribution in [1.29, 1.82) is 0 Å². The van der Waals surface area contributed by atoms with Gasteiger partial charge in [0.25, 0.3) is 0 Å². The molecule has 1 unspecified atom stereocenters. The van der Waals surface area contributed by atoms with Crippen molar-refractivity contribution in [3.8, 4) is 11.1 Å². The molecule has 150 valence electrons. The zero-order valence-electron chi connectivity index (χ0n) is 16.5. The fraction of sp³-hybridized carbons (Fsp3) is 0.125. The number of carbonyl (C=O) groups is 1. The van der Waals surface area contributed by atoms with Gasteiger partial charge in [-0.05, 0) is 46.5 Å². The Hall–Kier alpha value is -3.77. The molecule has 30 heavy (non-hydrogen) atoms. The SMILES string of the molecule is COC(=O)c1ccc(C(O)(Cn2ccnc2)c2ccc(-c3ccncc3)cc2)cc1. The van der Waals surface area contributed by atoms with Gasteiger partial charge in [-0.2, -0.15) is 0 Å². The Morgan fingerprint density at radius 1 is 0.900 bits per heavy atom. The van der Waals surface area contributed by atoms with Crippen LogP contribution in [-0.4, -0.2) is 32.7 Å². The van der Waals surface area contributed by atoms with Crippen molar-refractivity contribution >= 4 is 5.97 Å². The van der Waals surface area contributed by atoms with Crippen LogP contribution in [0.15, 0.2) is 91.8 Å². The number of esters is 1. The van der Waals surface area contributed by atoms with Gasteiger partial charge >= 0.3 is 5.97 Å². The third-order valence-electron chi connectivity index (χ3n) is 5.13. The van der Waals surface area contributed by atoms with E-state index in [4.69, 9.17) is 4.74 Å². The van der Waals surface area contributed by atoms with Gasteiger partial charge in [-0.15, -0.1) is 0 Å². The first-order valence-electron chi connectivity index (χ1n) is 9.48. The Balaban J connectivity index is 1.73. The Labute approximate surface area is 174 Å². The van der Waals surface area contributed by atoms with E-state index in [0.717, 1.165) is 16.7 Å². The van der Waals surface area contributed by atoms with E-state index < -0.39 is 11.6 Å². The first kappa shape index (κ1) is 19.5. The number of aliphatic hydroxyl groups is 1. The molecule has 4 aromatic rings. The standard InChI is InChI=1S/C24H21N3O3/c1-30-23(28)20-4-8-22(9-5-20)24(29,16-27-15-14-26-17-27)21-6-2-18(3-7-21)19-10-12-25-13-11-19/h2-15,17,29H,16H2,1H3. The third kappa shape index (κ3) is 3.86. The maximum Gasteiger partial charge on any atom is 0.337 e. The summed E-state index contributed by atoms with van der Waals surface area (Å²) in [7, 11) is 1.34. The van der Waals surface area contributed by atoms with Crippen molar-refractivity contribution in [3.05, 3.63) is 108 Å². The molecule has 0 fully saturated rings. The predicted molar refractivity (Wildman–Crippen MR) is 113 cm³/mol. The number of ether oxygens (including phenoxy) is 1. The molecular weight excluding hydrogens is 378 g/mol. The minimum Gasteiger partial charge on any atom is -0.465 e. The van der Waals surface area contributed by atoms with Gasteiger partial charge in [0.15, 0.2) is 0 Å². The summed E-state index contributed by atoms with van der Waals surface area (Å²) in [6.07, 6.45) is 8.65. The number of benzene rings is 2. The van der Waals surface area contributed by atoms with E-state index in [1.165, 1.54) is 7.11 Å². The Morgan fingerprint density at radius 3 is 2.07 bits per heavy atom. The summed E-state index contributed by atoms with van der Waals surface area (Å²) in [5.41, 5.74) is 2.61. The smallest absolute Gasteiger partial charge is 0.337 e. The van der Waals surface area contributed by atoms with Crippen molar-refractivity contribution in [1.82, 2.24) is 14.5 Å². The van der Waals surface area contributed by atoms with Crippen LogP contribution in [0.3, 0.4) is 0 Å². The number of methoxy groups -OCH3 is 1.